The van der Waals surface area contributed by atoms with E-state index in [1.54, 1.807) is 0 Å². The van der Waals surface area contributed by atoms with Gasteiger partial charge in [-0.15, -0.1) is 0 Å². The monoisotopic (exact) mass is 296 g/mol. The van der Waals surface area contributed by atoms with E-state index in [9.17, 15) is 0 Å². The molecule has 2 N–H and O–H groups in total. The highest BCUT2D eigenvalue weighted by Crippen LogP contribution is 2.21. The number of halogens is 1. The molecule has 0 amide bonds. The molecule has 5 heteroatoms. The van der Waals surface area contributed by atoms with Crippen LogP contribution in [0.1, 0.15) is 5.56 Å². The van der Waals surface area contributed by atoms with Gasteiger partial charge in [0.15, 0.2) is 0 Å². The Balaban J connectivity index is 1.79. The first kappa shape index (κ1) is 15.6. The van der Waals surface area contributed by atoms with Gasteiger partial charge in [0.05, 0.1) is 0 Å². The van der Waals surface area contributed by atoms with Crippen LogP contribution in [0.25, 0.3) is 0 Å². The van der Waals surface area contributed by atoms with Gasteiger partial charge in [0.2, 0.25) is 0 Å². The lowest BCUT2D eigenvalue weighted by Gasteiger charge is -2.35. The predicted molar refractivity (Wildman–Crippen MR) is 86.1 cm³/mol. The SMILES string of the molecule is CN(C)CCN1CCN(Cc2ccc(N)cc2Cl)CC1. The highest BCUT2D eigenvalue weighted by Gasteiger charge is 2.17. The molecule has 0 aliphatic carbocycles. The Morgan fingerprint density at radius 2 is 1.80 bits per heavy atom. The third kappa shape index (κ3) is 4.63. The van der Waals surface area contributed by atoms with Crippen molar-refractivity contribution < 1.29 is 0 Å². The first-order valence-electron chi connectivity index (χ1n) is 7.18. The van der Waals surface area contributed by atoms with Crippen LogP contribution < -0.4 is 5.73 Å². The second-order valence-electron chi connectivity index (χ2n) is 5.77. The number of piperazine rings is 1. The van der Waals surface area contributed by atoms with Gasteiger partial charge in [-0.05, 0) is 31.8 Å². The Morgan fingerprint density at radius 1 is 1.15 bits per heavy atom. The Kier molecular flexibility index (Phi) is 5.66. The van der Waals surface area contributed by atoms with Crippen LogP contribution in [0.3, 0.4) is 0 Å². The van der Waals surface area contributed by atoms with Gasteiger partial charge in [-0.3, -0.25) is 9.80 Å². The second-order valence-corrected chi connectivity index (χ2v) is 6.18. The molecule has 4 nitrogen and oxygen atoms in total. The van der Waals surface area contributed by atoms with Gasteiger partial charge in [0.25, 0.3) is 0 Å². The molecule has 1 aromatic rings. The lowest BCUT2D eigenvalue weighted by Crippen LogP contribution is -2.47. The van der Waals surface area contributed by atoms with E-state index >= 15 is 0 Å². The predicted octanol–water partition coefficient (Wildman–Crippen LogP) is 1.60. The van der Waals surface area contributed by atoms with E-state index in [-0.39, 0.29) is 0 Å². The Hall–Kier alpha value is -0.810. The minimum absolute atomic E-state index is 0.729. The zero-order valence-corrected chi connectivity index (χ0v) is 13.2. The molecular weight excluding hydrogens is 272 g/mol. The maximum atomic E-state index is 6.24. The molecule has 0 saturated carbocycles. The smallest absolute Gasteiger partial charge is 0.0471 e. The molecule has 1 aliphatic heterocycles. The Morgan fingerprint density at radius 3 is 2.40 bits per heavy atom. The molecule has 0 radical (unpaired) electrons. The van der Waals surface area contributed by atoms with E-state index in [1.807, 2.05) is 18.2 Å². The minimum Gasteiger partial charge on any atom is -0.399 e. The molecule has 2 rings (SSSR count). The summed E-state index contributed by atoms with van der Waals surface area (Å²) in [5, 5.41) is 0.778. The standard InChI is InChI=1S/C15H25ClN4/c1-18(2)5-6-19-7-9-20(10-8-19)12-13-3-4-14(17)11-15(13)16/h3-4,11H,5-10,12,17H2,1-2H3. The van der Waals surface area contributed by atoms with E-state index in [1.165, 1.54) is 5.56 Å². The Bertz CT molecular complexity index is 428. The summed E-state index contributed by atoms with van der Waals surface area (Å²) in [6.07, 6.45) is 0. The number of nitrogens with two attached hydrogens (primary N) is 1. The topological polar surface area (TPSA) is 35.7 Å². The van der Waals surface area contributed by atoms with Crippen molar-refractivity contribution in [1.29, 1.82) is 0 Å². The van der Waals surface area contributed by atoms with Crippen molar-refractivity contribution in [3.05, 3.63) is 28.8 Å². The number of benzene rings is 1. The van der Waals surface area contributed by atoms with Crippen molar-refractivity contribution in [2.24, 2.45) is 0 Å². The van der Waals surface area contributed by atoms with E-state index in [0.717, 1.165) is 56.5 Å². The maximum Gasteiger partial charge on any atom is 0.0471 e. The molecule has 1 fully saturated rings. The minimum atomic E-state index is 0.729. The third-order valence-electron chi connectivity index (χ3n) is 3.80. The molecule has 0 bridgehead atoms. The van der Waals surface area contributed by atoms with Crippen LogP contribution >= 0.6 is 11.6 Å². The van der Waals surface area contributed by atoms with Crippen LogP contribution in [0.5, 0.6) is 0 Å². The molecule has 1 saturated heterocycles. The summed E-state index contributed by atoms with van der Waals surface area (Å²) in [7, 11) is 4.25. The fourth-order valence-corrected chi connectivity index (χ4v) is 2.69. The van der Waals surface area contributed by atoms with Crippen LogP contribution in [0.2, 0.25) is 5.02 Å². The first-order valence-corrected chi connectivity index (χ1v) is 7.56. The first-order chi connectivity index (χ1) is 9.54. The van der Waals surface area contributed by atoms with Crippen LogP contribution in [0.15, 0.2) is 18.2 Å². The molecular formula is C15H25ClN4. The second kappa shape index (κ2) is 7.27. The average Bonchev–Trinajstić information content (AvgIpc) is 2.41. The van der Waals surface area contributed by atoms with E-state index in [0.29, 0.717) is 0 Å². The van der Waals surface area contributed by atoms with Crippen molar-refractivity contribution in [1.82, 2.24) is 14.7 Å². The summed E-state index contributed by atoms with van der Waals surface area (Å²) in [5.41, 5.74) is 7.63. The van der Waals surface area contributed by atoms with Gasteiger partial charge in [-0.1, -0.05) is 17.7 Å². The summed E-state index contributed by atoms with van der Waals surface area (Å²) < 4.78 is 0. The third-order valence-corrected chi connectivity index (χ3v) is 4.15. The zero-order valence-electron chi connectivity index (χ0n) is 12.5. The van der Waals surface area contributed by atoms with Crippen LogP contribution in [-0.2, 0) is 6.54 Å². The summed E-state index contributed by atoms with van der Waals surface area (Å²) in [5.74, 6) is 0. The molecule has 1 aliphatic rings. The maximum absolute atomic E-state index is 6.24. The lowest BCUT2D eigenvalue weighted by atomic mass is 10.2. The number of anilines is 1. The van der Waals surface area contributed by atoms with Crippen LogP contribution in [0.4, 0.5) is 5.69 Å². The van der Waals surface area contributed by atoms with Gasteiger partial charge < -0.3 is 10.6 Å². The Labute approximate surface area is 127 Å². The highest BCUT2D eigenvalue weighted by molar-refractivity contribution is 6.31. The summed E-state index contributed by atoms with van der Waals surface area (Å²) in [6, 6.07) is 5.80. The molecule has 112 valence electrons. The molecule has 0 aromatic heterocycles. The fraction of sp³-hybridized carbons (Fsp3) is 0.600. The van der Waals surface area contributed by atoms with Crippen molar-refractivity contribution in [3.8, 4) is 0 Å². The van der Waals surface area contributed by atoms with Crippen molar-refractivity contribution in [2.75, 3.05) is 59.1 Å². The number of hydrogen-bond acceptors (Lipinski definition) is 4. The summed E-state index contributed by atoms with van der Waals surface area (Å²) in [6.45, 7) is 7.69. The number of nitrogen functional groups attached to an aromatic ring is 1. The molecule has 0 spiro atoms. The van der Waals surface area contributed by atoms with Crippen molar-refractivity contribution in [2.45, 2.75) is 6.54 Å². The number of hydrogen-bond donors (Lipinski definition) is 1. The van der Waals surface area contributed by atoms with E-state index < -0.39 is 0 Å². The average molecular weight is 297 g/mol. The molecule has 1 aromatic carbocycles. The zero-order chi connectivity index (χ0) is 14.5. The van der Waals surface area contributed by atoms with Gasteiger partial charge in [0.1, 0.15) is 0 Å². The lowest BCUT2D eigenvalue weighted by molar-refractivity contribution is 0.120. The molecule has 20 heavy (non-hydrogen) atoms. The number of rotatable bonds is 5. The van der Waals surface area contributed by atoms with Gasteiger partial charge in [-0.2, -0.15) is 0 Å². The molecule has 1 heterocycles. The fourth-order valence-electron chi connectivity index (χ4n) is 2.45. The molecule has 0 atom stereocenters. The van der Waals surface area contributed by atoms with Gasteiger partial charge in [-0.25, -0.2) is 0 Å². The van der Waals surface area contributed by atoms with Crippen LogP contribution in [0, 0.1) is 0 Å². The highest BCUT2D eigenvalue weighted by atomic mass is 35.5. The van der Waals surface area contributed by atoms with E-state index in [4.69, 9.17) is 17.3 Å². The van der Waals surface area contributed by atoms with Crippen LogP contribution in [-0.4, -0.2) is 68.1 Å². The number of likely N-dealkylation sites (N-methyl/N-ethyl adjacent to an activating group) is 1. The van der Waals surface area contributed by atoms with E-state index in [2.05, 4.69) is 28.8 Å². The van der Waals surface area contributed by atoms with Gasteiger partial charge >= 0.3 is 0 Å². The summed E-state index contributed by atoms with van der Waals surface area (Å²) in [4.78, 5) is 7.23. The van der Waals surface area contributed by atoms with Crippen molar-refractivity contribution >= 4 is 17.3 Å². The largest absolute Gasteiger partial charge is 0.399 e. The summed E-state index contributed by atoms with van der Waals surface area (Å²) >= 11 is 6.24. The quantitative estimate of drug-likeness (QED) is 0.837. The number of nitrogens with zero attached hydrogens (tertiary/aromatic N) is 3. The van der Waals surface area contributed by atoms with Gasteiger partial charge in [0, 0.05) is 56.5 Å². The normalized spacial score (nSPS) is 17.8. The van der Waals surface area contributed by atoms with Crippen molar-refractivity contribution in [3.63, 3.8) is 0 Å². The molecule has 0 unspecified atom stereocenters.